The summed E-state index contributed by atoms with van der Waals surface area (Å²) >= 11 is -1.37. The Bertz CT molecular complexity index is 768. The van der Waals surface area contributed by atoms with Gasteiger partial charge in [0.05, 0.1) is 5.69 Å². The molecule has 27 heavy (non-hydrogen) atoms. The minimum atomic E-state index is -4.66. The molecule has 2 heterocycles. The molecule has 0 aliphatic rings. The lowest BCUT2D eigenvalue weighted by molar-refractivity contribution is -0.141. The molecule has 150 valence electrons. The molecule has 12 heteroatoms. The van der Waals surface area contributed by atoms with E-state index in [0.29, 0.717) is 17.4 Å². The van der Waals surface area contributed by atoms with Crippen molar-refractivity contribution in [2.75, 3.05) is 0 Å². The summed E-state index contributed by atoms with van der Waals surface area (Å²) in [6.07, 6.45) is -8.43. The third-order valence-electron chi connectivity index (χ3n) is 3.25. The number of aromatic nitrogens is 2. The molecule has 0 amide bonds. The van der Waals surface area contributed by atoms with E-state index in [0.717, 1.165) is 17.6 Å². The number of rotatable bonds is 4. The van der Waals surface area contributed by atoms with Crippen LogP contribution in [-0.2, 0) is 23.7 Å². The topological polar surface area (TPSA) is 60.9 Å². The molecular weight excluding hydrogens is 416 g/mol. The van der Waals surface area contributed by atoms with Gasteiger partial charge in [-0.1, -0.05) is 6.07 Å². The van der Waals surface area contributed by atoms with Crippen LogP contribution < -0.4 is 4.72 Å². The average Bonchev–Trinajstić information content (AvgIpc) is 3.00. The van der Waals surface area contributed by atoms with Crippen LogP contribution in [0.25, 0.3) is 0 Å². The van der Waals surface area contributed by atoms with Gasteiger partial charge in [0.15, 0.2) is 5.01 Å². The normalized spacial score (nSPS) is 15.6. The van der Waals surface area contributed by atoms with E-state index in [9.17, 15) is 30.9 Å². The van der Waals surface area contributed by atoms with Crippen molar-refractivity contribution in [3.8, 4) is 0 Å². The second-order valence-corrected chi connectivity index (χ2v) is 9.34. The summed E-state index contributed by atoms with van der Waals surface area (Å²) < 4.78 is 90.8. The lowest BCUT2D eigenvalue weighted by Crippen LogP contribution is -2.41. The Balaban J connectivity index is 2.42. The Labute approximate surface area is 158 Å². The average molecular weight is 431 g/mol. The van der Waals surface area contributed by atoms with E-state index in [1.54, 1.807) is 20.8 Å². The number of halogens is 6. The summed E-state index contributed by atoms with van der Waals surface area (Å²) in [7, 11) is 0. The zero-order chi connectivity index (χ0) is 20.6. The molecule has 4 nitrogen and oxygen atoms in total. The minimum absolute atomic E-state index is 0.105. The van der Waals surface area contributed by atoms with Gasteiger partial charge in [-0.25, -0.2) is 4.98 Å². The van der Waals surface area contributed by atoms with Gasteiger partial charge in [0.2, 0.25) is 0 Å². The molecule has 2 rings (SSSR count). The fraction of sp³-hybridized carbons (Fsp3) is 0.467. The highest BCUT2D eigenvalue weighted by Gasteiger charge is 2.38. The zero-order valence-corrected chi connectivity index (χ0v) is 15.9. The van der Waals surface area contributed by atoms with E-state index >= 15 is 0 Å². The molecule has 2 atom stereocenters. The summed E-state index contributed by atoms with van der Waals surface area (Å²) in [6, 6.07) is 0.660. The molecule has 2 aromatic rings. The molecule has 0 aromatic carbocycles. The van der Waals surface area contributed by atoms with Gasteiger partial charge in [-0.3, -0.25) is 4.98 Å². The highest BCUT2D eigenvalue weighted by atomic mass is 32.2. The molecule has 2 aromatic heterocycles. The summed E-state index contributed by atoms with van der Waals surface area (Å²) in [5.41, 5.74) is -1.14. The van der Waals surface area contributed by atoms with Crippen molar-refractivity contribution >= 4 is 22.7 Å². The van der Waals surface area contributed by atoms with E-state index in [-0.39, 0.29) is 11.3 Å². The Morgan fingerprint density at radius 1 is 1.07 bits per heavy atom. The van der Waals surface area contributed by atoms with Crippen LogP contribution in [0.5, 0.6) is 0 Å². The van der Waals surface area contributed by atoms with E-state index in [1.165, 1.54) is 0 Å². The maximum Gasteiger partial charge on any atom is 0.443 e. The molecule has 0 fully saturated rings. The summed E-state index contributed by atoms with van der Waals surface area (Å²) in [5, 5.41) is 0.0172. The highest BCUT2D eigenvalue weighted by molar-refractivity contribution is 7.90. The van der Waals surface area contributed by atoms with Gasteiger partial charge >= 0.3 is 12.4 Å². The lowest BCUT2D eigenvalue weighted by Gasteiger charge is -2.27. The first-order valence-corrected chi connectivity index (χ1v) is 9.46. The molecule has 0 radical (unpaired) electrons. The smallest absolute Gasteiger partial charge is 0.443 e. The number of nitrogens with zero attached hydrogens (tertiary/aromatic N) is 2. The SMILES string of the molecule is CC(C)(C)[S@+]([O-])NC(c1ccc(C(F)(F)F)nc1)c1csc(C(F)(F)F)n1. The quantitative estimate of drug-likeness (QED) is 0.562. The Morgan fingerprint density at radius 3 is 2.11 bits per heavy atom. The van der Waals surface area contributed by atoms with Gasteiger partial charge in [-0.2, -0.15) is 26.3 Å². The summed E-state index contributed by atoms with van der Waals surface area (Å²) in [4.78, 5) is 6.82. The van der Waals surface area contributed by atoms with Crippen LogP contribution in [0.4, 0.5) is 26.3 Å². The number of hydrogen-bond acceptors (Lipinski definition) is 5. The number of alkyl halides is 6. The second kappa shape index (κ2) is 7.57. The Hall–Kier alpha value is -1.37. The predicted octanol–water partition coefficient (Wildman–Crippen LogP) is 4.72. The van der Waals surface area contributed by atoms with Crippen molar-refractivity contribution in [1.29, 1.82) is 0 Å². The lowest BCUT2D eigenvalue weighted by atomic mass is 10.1. The molecular formula is C15H15F6N3OS2. The monoisotopic (exact) mass is 431 g/mol. The Kier molecular flexibility index (Phi) is 6.15. The fourth-order valence-corrected chi connectivity index (χ4v) is 3.41. The van der Waals surface area contributed by atoms with Gasteiger partial charge < -0.3 is 4.55 Å². The number of nitrogens with one attached hydrogen (secondary N) is 1. The van der Waals surface area contributed by atoms with Gasteiger partial charge in [0.1, 0.15) is 16.5 Å². The largest absolute Gasteiger partial charge is 0.598 e. The van der Waals surface area contributed by atoms with Crippen molar-refractivity contribution < 1.29 is 30.9 Å². The first-order valence-electron chi connectivity index (χ1n) is 7.43. The van der Waals surface area contributed by atoms with Crippen molar-refractivity contribution in [2.45, 2.75) is 43.9 Å². The van der Waals surface area contributed by atoms with Crippen LogP contribution in [-0.4, -0.2) is 19.3 Å². The van der Waals surface area contributed by atoms with Crippen molar-refractivity contribution in [3.63, 3.8) is 0 Å². The molecule has 0 bridgehead atoms. The van der Waals surface area contributed by atoms with Gasteiger partial charge in [0, 0.05) is 22.9 Å². The van der Waals surface area contributed by atoms with Crippen molar-refractivity contribution in [3.05, 3.63) is 45.7 Å². The molecule has 0 saturated carbocycles. The van der Waals surface area contributed by atoms with Gasteiger partial charge in [0.25, 0.3) is 0 Å². The standard InChI is InChI=1S/C15H15F6N3OS2/c1-13(2,3)27(25)24-11(9-7-26-12(23-9)15(19,20)21)8-4-5-10(22-6-8)14(16,17)18/h4-7,11,24H,1-3H3/t11?,27-/m0/s1. The fourth-order valence-electron chi connectivity index (χ4n) is 1.88. The summed E-state index contributed by atoms with van der Waals surface area (Å²) in [6.45, 7) is 4.92. The van der Waals surface area contributed by atoms with Crippen LogP contribution in [0.3, 0.4) is 0 Å². The van der Waals surface area contributed by atoms with Crippen molar-refractivity contribution in [2.24, 2.45) is 0 Å². The number of thiazole rings is 1. The minimum Gasteiger partial charge on any atom is -0.598 e. The van der Waals surface area contributed by atoms with E-state index in [1.807, 2.05) is 0 Å². The number of hydrogen-bond donors (Lipinski definition) is 1. The van der Waals surface area contributed by atoms with Crippen LogP contribution in [0, 0.1) is 0 Å². The van der Waals surface area contributed by atoms with E-state index in [2.05, 4.69) is 14.7 Å². The van der Waals surface area contributed by atoms with Gasteiger partial charge in [-0.05, 0) is 32.4 Å². The number of pyridine rings is 1. The first-order chi connectivity index (χ1) is 12.2. The van der Waals surface area contributed by atoms with Crippen LogP contribution >= 0.6 is 11.3 Å². The molecule has 0 aliphatic carbocycles. The highest BCUT2D eigenvalue weighted by Crippen LogP contribution is 2.35. The first kappa shape index (κ1) is 21.9. The maximum absolute atomic E-state index is 12.8. The van der Waals surface area contributed by atoms with Crippen molar-refractivity contribution in [1.82, 2.24) is 14.7 Å². The van der Waals surface area contributed by atoms with Crippen LogP contribution in [0.15, 0.2) is 23.7 Å². The molecule has 0 saturated heterocycles. The maximum atomic E-state index is 12.8. The molecule has 1 unspecified atom stereocenters. The van der Waals surface area contributed by atoms with Gasteiger partial charge in [-0.15, -0.1) is 16.1 Å². The summed E-state index contributed by atoms with van der Waals surface area (Å²) in [5.74, 6) is 0. The van der Waals surface area contributed by atoms with E-state index < -0.39 is 45.2 Å². The third kappa shape index (κ3) is 5.56. The second-order valence-electron chi connectivity index (χ2n) is 6.48. The molecule has 0 spiro atoms. The predicted molar refractivity (Wildman–Crippen MR) is 89.2 cm³/mol. The molecule has 0 aliphatic heterocycles. The molecule has 1 N–H and O–H groups in total. The van der Waals surface area contributed by atoms with E-state index in [4.69, 9.17) is 0 Å². The van der Waals surface area contributed by atoms with Crippen LogP contribution in [0.1, 0.15) is 48.8 Å². The van der Waals surface area contributed by atoms with Crippen LogP contribution in [0.2, 0.25) is 0 Å². The Morgan fingerprint density at radius 2 is 1.70 bits per heavy atom. The third-order valence-corrected chi connectivity index (χ3v) is 5.72. The zero-order valence-electron chi connectivity index (χ0n) is 14.3.